The van der Waals surface area contributed by atoms with Crippen LogP contribution in [-0.2, 0) is 6.42 Å². The molecule has 6 nitrogen and oxygen atoms in total. The van der Waals surface area contributed by atoms with Crippen molar-refractivity contribution in [3.05, 3.63) is 11.4 Å². The Hall–Kier alpha value is -1.43. The molecular weight excluding hydrogens is 210 g/mol. The van der Waals surface area contributed by atoms with E-state index in [1.54, 1.807) is 13.8 Å². The van der Waals surface area contributed by atoms with E-state index in [-0.39, 0.29) is 11.7 Å². The van der Waals surface area contributed by atoms with Crippen molar-refractivity contribution < 1.29 is 15.0 Å². The molecule has 2 N–H and O–H groups in total. The molecule has 6 heteroatoms. The number of aromatic nitrogens is 3. The highest BCUT2D eigenvalue weighted by atomic mass is 16.4. The maximum Gasteiger partial charge on any atom is 0.358 e. The first-order valence-electron chi connectivity index (χ1n) is 5.34. The van der Waals surface area contributed by atoms with Gasteiger partial charge in [0.1, 0.15) is 0 Å². The molecule has 0 saturated carbocycles. The molecule has 2 unspecified atom stereocenters. The largest absolute Gasteiger partial charge is 0.476 e. The highest BCUT2D eigenvalue weighted by Gasteiger charge is 2.22. The number of aliphatic hydroxyl groups excluding tert-OH is 1. The normalized spacial score (nSPS) is 14.8. The Balaban J connectivity index is 3.14. The van der Waals surface area contributed by atoms with E-state index in [0.29, 0.717) is 12.1 Å². The Morgan fingerprint density at radius 2 is 2.12 bits per heavy atom. The molecule has 2 atom stereocenters. The second kappa shape index (κ2) is 5.07. The SMILES string of the molecule is CCCc1c(C(=O)O)nnn1C(C)C(C)O. The summed E-state index contributed by atoms with van der Waals surface area (Å²) in [7, 11) is 0. The summed E-state index contributed by atoms with van der Waals surface area (Å²) >= 11 is 0. The number of carboxylic acid groups (broad SMARTS) is 1. The van der Waals surface area contributed by atoms with Gasteiger partial charge in [0.25, 0.3) is 0 Å². The van der Waals surface area contributed by atoms with Gasteiger partial charge in [0, 0.05) is 0 Å². The van der Waals surface area contributed by atoms with Gasteiger partial charge < -0.3 is 10.2 Å². The zero-order valence-corrected chi connectivity index (χ0v) is 9.71. The summed E-state index contributed by atoms with van der Waals surface area (Å²) in [4.78, 5) is 10.9. The Bertz CT molecular complexity index is 373. The van der Waals surface area contributed by atoms with Crippen molar-refractivity contribution in [2.75, 3.05) is 0 Å². The molecule has 0 amide bonds. The van der Waals surface area contributed by atoms with Gasteiger partial charge in [0.15, 0.2) is 5.69 Å². The molecule has 1 heterocycles. The molecule has 0 aliphatic heterocycles. The standard InChI is InChI=1S/C10H17N3O3/c1-4-5-8-9(10(15)16)11-12-13(8)6(2)7(3)14/h6-7,14H,4-5H2,1-3H3,(H,15,16). The van der Waals surface area contributed by atoms with Crippen LogP contribution in [0.25, 0.3) is 0 Å². The summed E-state index contributed by atoms with van der Waals surface area (Å²) in [6.45, 7) is 5.38. The minimum Gasteiger partial charge on any atom is -0.476 e. The Labute approximate surface area is 93.9 Å². The number of carbonyl (C=O) groups is 1. The second-order valence-corrected chi connectivity index (χ2v) is 3.87. The van der Waals surface area contributed by atoms with E-state index >= 15 is 0 Å². The van der Waals surface area contributed by atoms with Gasteiger partial charge in [0.05, 0.1) is 17.8 Å². The molecule has 0 saturated heterocycles. The number of hydrogen-bond acceptors (Lipinski definition) is 4. The van der Waals surface area contributed by atoms with E-state index in [9.17, 15) is 9.90 Å². The van der Waals surface area contributed by atoms with Crippen molar-refractivity contribution in [3.8, 4) is 0 Å². The van der Waals surface area contributed by atoms with Crippen LogP contribution in [0.15, 0.2) is 0 Å². The summed E-state index contributed by atoms with van der Waals surface area (Å²) in [5, 5.41) is 25.9. The van der Waals surface area contributed by atoms with Gasteiger partial charge in [-0.15, -0.1) is 5.10 Å². The molecule has 0 fully saturated rings. The quantitative estimate of drug-likeness (QED) is 0.779. The molecule has 1 aromatic rings. The van der Waals surface area contributed by atoms with Crippen LogP contribution >= 0.6 is 0 Å². The van der Waals surface area contributed by atoms with Gasteiger partial charge >= 0.3 is 5.97 Å². The number of carboxylic acids is 1. The van der Waals surface area contributed by atoms with Crippen molar-refractivity contribution in [3.63, 3.8) is 0 Å². The van der Waals surface area contributed by atoms with Gasteiger partial charge in [-0.25, -0.2) is 9.48 Å². The minimum atomic E-state index is -1.08. The van der Waals surface area contributed by atoms with Crippen LogP contribution in [-0.4, -0.2) is 37.3 Å². The summed E-state index contributed by atoms with van der Waals surface area (Å²) in [6, 6.07) is -0.276. The van der Waals surface area contributed by atoms with Crippen molar-refractivity contribution in [1.29, 1.82) is 0 Å². The summed E-state index contributed by atoms with van der Waals surface area (Å²) < 4.78 is 1.50. The predicted octanol–water partition coefficient (Wildman–Crippen LogP) is 0.871. The van der Waals surface area contributed by atoms with E-state index < -0.39 is 12.1 Å². The lowest BCUT2D eigenvalue weighted by Crippen LogP contribution is -2.22. The van der Waals surface area contributed by atoms with Crippen molar-refractivity contribution >= 4 is 5.97 Å². The first-order chi connectivity index (χ1) is 7.49. The summed E-state index contributed by atoms with van der Waals surface area (Å²) in [5.41, 5.74) is 0.553. The lowest BCUT2D eigenvalue weighted by Gasteiger charge is -2.17. The fourth-order valence-corrected chi connectivity index (χ4v) is 1.48. The highest BCUT2D eigenvalue weighted by Crippen LogP contribution is 2.16. The van der Waals surface area contributed by atoms with Crippen LogP contribution < -0.4 is 0 Å². The van der Waals surface area contributed by atoms with Crippen LogP contribution in [0.3, 0.4) is 0 Å². The third kappa shape index (κ3) is 2.38. The molecule has 0 radical (unpaired) electrons. The average Bonchev–Trinajstić information content (AvgIpc) is 2.61. The van der Waals surface area contributed by atoms with E-state index in [1.165, 1.54) is 4.68 Å². The third-order valence-electron chi connectivity index (χ3n) is 2.56. The van der Waals surface area contributed by atoms with Crippen LogP contribution in [0, 0.1) is 0 Å². The molecule has 0 aliphatic carbocycles. The van der Waals surface area contributed by atoms with Crippen molar-refractivity contribution in [2.24, 2.45) is 0 Å². The molecule has 90 valence electrons. The maximum absolute atomic E-state index is 10.9. The second-order valence-electron chi connectivity index (χ2n) is 3.87. The molecule has 1 rings (SSSR count). The van der Waals surface area contributed by atoms with Gasteiger partial charge in [0.2, 0.25) is 0 Å². The molecule has 0 aromatic carbocycles. The number of aliphatic hydroxyl groups is 1. The van der Waals surface area contributed by atoms with Gasteiger partial charge in [-0.05, 0) is 20.3 Å². The molecule has 16 heavy (non-hydrogen) atoms. The monoisotopic (exact) mass is 227 g/mol. The highest BCUT2D eigenvalue weighted by molar-refractivity contribution is 5.86. The zero-order chi connectivity index (χ0) is 12.3. The predicted molar refractivity (Wildman–Crippen MR) is 57.4 cm³/mol. The Morgan fingerprint density at radius 3 is 2.56 bits per heavy atom. The number of nitrogens with zero attached hydrogens (tertiary/aromatic N) is 3. The molecule has 1 aromatic heterocycles. The first kappa shape index (κ1) is 12.6. The van der Waals surface area contributed by atoms with Crippen molar-refractivity contribution in [2.45, 2.75) is 45.8 Å². The lowest BCUT2D eigenvalue weighted by atomic mass is 10.1. The van der Waals surface area contributed by atoms with Crippen LogP contribution in [0.1, 0.15) is 49.4 Å². The number of aromatic carboxylic acids is 1. The fraction of sp³-hybridized carbons (Fsp3) is 0.700. The zero-order valence-electron chi connectivity index (χ0n) is 9.71. The smallest absolute Gasteiger partial charge is 0.358 e. The van der Waals surface area contributed by atoms with Gasteiger partial charge in [-0.3, -0.25) is 0 Å². The molecule has 0 spiro atoms. The fourth-order valence-electron chi connectivity index (χ4n) is 1.48. The van der Waals surface area contributed by atoms with Crippen LogP contribution in [0.4, 0.5) is 0 Å². The topological polar surface area (TPSA) is 88.2 Å². The summed E-state index contributed by atoms with van der Waals surface area (Å²) in [6.07, 6.45) is 0.797. The van der Waals surface area contributed by atoms with Crippen LogP contribution in [0.2, 0.25) is 0 Å². The van der Waals surface area contributed by atoms with Crippen LogP contribution in [0.5, 0.6) is 0 Å². The molecular formula is C10H17N3O3. The average molecular weight is 227 g/mol. The lowest BCUT2D eigenvalue weighted by molar-refractivity contribution is 0.0688. The maximum atomic E-state index is 10.9. The number of hydrogen-bond donors (Lipinski definition) is 2. The Morgan fingerprint density at radius 1 is 1.50 bits per heavy atom. The minimum absolute atomic E-state index is 0.0191. The van der Waals surface area contributed by atoms with Gasteiger partial charge in [-0.1, -0.05) is 18.6 Å². The Kier molecular flexibility index (Phi) is 4.00. The first-order valence-corrected chi connectivity index (χ1v) is 5.34. The van der Waals surface area contributed by atoms with E-state index in [1.807, 2.05) is 6.92 Å². The van der Waals surface area contributed by atoms with Gasteiger partial charge in [-0.2, -0.15) is 0 Å². The van der Waals surface area contributed by atoms with E-state index in [0.717, 1.165) is 6.42 Å². The third-order valence-corrected chi connectivity index (χ3v) is 2.56. The molecule has 0 aliphatic rings. The van der Waals surface area contributed by atoms with E-state index in [2.05, 4.69) is 10.3 Å². The molecule has 0 bridgehead atoms. The van der Waals surface area contributed by atoms with E-state index in [4.69, 9.17) is 5.11 Å². The number of rotatable bonds is 5. The summed E-state index contributed by atoms with van der Waals surface area (Å²) in [5.74, 6) is -1.08. The van der Waals surface area contributed by atoms with Crippen molar-refractivity contribution in [1.82, 2.24) is 15.0 Å².